The molecule has 4 nitrogen and oxygen atoms in total. The summed E-state index contributed by atoms with van der Waals surface area (Å²) >= 11 is 0. The van der Waals surface area contributed by atoms with Gasteiger partial charge in [0.25, 0.3) is 0 Å². The van der Waals surface area contributed by atoms with Gasteiger partial charge in [0.1, 0.15) is 0 Å². The number of ketones is 2. The van der Waals surface area contributed by atoms with Crippen molar-refractivity contribution >= 4 is 24.5 Å². The summed E-state index contributed by atoms with van der Waals surface area (Å²) in [5.41, 5.74) is 2.74. The summed E-state index contributed by atoms with van der Waals surface area (Å²) < 4.78 is 0. The SMILES string of the molecule is C=CCC=NCC([CH2-])=O.C=NCC([CH2-])=O.CC.CC.[CH3-].[CH3-].[Y].[Y].c1ccc(Cc2ccccc2)cc1. The van der Waals surface area contributed by atoms with Crippen LogP contribution in [0.5, 0.6) is 0 Å². The van der Waals surface area contributed by atoms with Crippen LogP contribution in [0.3, 0.4) is 0 Å². The summed E-state index contributed by atoms with van der Waals surface area (Å²) in [6, 6.07) is 21.1. The van der Waals surface area contributed by atoms with Crippen LogP contribution in [0.1, 0.15) is 45.2 Å². The number of Topliss-reactive ketones (excluding diaryl/α,β-unsaturated/α-hetero) is 2. The van der Waals surface area contributed by atoms with Crippen molar-refractivity contribution in [2.75, 3.05) is 13.1 Å². The fourth-order valence-corrected chi connectivity index (χ4v) is 1.87. The van der Waals surface area contributed by atoms with Gasteiger partial charge in [0.15, 0.2) is 0 Å². The molecule has 0 aromatic heterocycles. The molecule has 2 radical (unpaired) electrons. The normalized spacial score (nSPS) is 7.56. The zero-order valence-corrected chi connectivity index (χ0v) is 29.1. The van der Waals surface area contributed by atoms with E-state index in [1.54, 1.807) is 12.3 Å². The van der Waals surface area contributed by atoms with Crippen LogP contribution in [-0.4, -0.2) is 37.6 Å². The Morgan fingerprint density at radius 2 is 1.14 bits per heavy atom. The van der Waals surface area contributed by atoms with Gasteiger partial charge in [0.2, 0.25) is 0 Å². The van der Waals surface area contributed by atoms with Crippen molar-refractivity contribution in [1.29, 1.82) is 0 Å². The molecule has 0 N–H and O–H groups in total. The van der Waals surface area contributed by atoms with Crippen LogP contribution >= 0.6 is 0 Å². The largest absolute Gasteiger partial charge is 0.358 e. The third kappa shape index (κ3) is 42.9. The first-order chi connectivity index (χ1) is 15.5. The zero-order valence-electron chi connectivity index (χ0n) is 23.5. The third-order valence-electron chi connectivity index (χ3n) is 3.05. The Labute approximate surface area is 273 Å². The second-order valence-corrected chi connectivity index (χ2v) is 5.65. The van der Waals surface area contributed by atoms with E-state index in [0.717, 1.165) is 6.42 Å². The van der Waals surface area contributed by atoms with Crippen molar-refractivity contribution in [3.05, 3.63) is 113 Å². The van der Waals surface area contributed by atoms with Crippen molar-refractivity contribution in [2.45, 2.75) is 40.5 Å². The summed E-state index contributed by atoms with van der Waals surface area (Å²) in [5.74, 6) is -0.347. The Kier molecular flexibility index (Phi) is 62.7. The van der Waals surface area contributed by atoms with E-state index in [9.17, 15) is 9.59 Å². The van der Waals surface area contributed by atoms with Crippen LogP contribution in [0.25, 0.3) is 0 Å². The van der Waals surface area contributed by atoms with Crippen molar-refractivity contribution in [1.82, 2.24) is 0 Å². The second kappa shape index (κ2) is 43.8. The molecule has 2 aromatic rings. The van der Waals surface area contributed by atoms with Crippen molar-refractivity contribution < 1.29 is 75.0 Å². The van der Waals surface area contributed by atoms with Gasteiger partial charge in [0.05, 0.1) is 13.1 Å². The maximum Gasteiger partial charge on any atom is 0.0683 e. The average Bonchev–Trinajstić information content (AvgIpc) is 2.81. The van der Waals surface area contributed by atoms with Gasteiger partial charge in [-0.3, -0.25) is 9.98 Å². The molecule has 0 aliphatic rings. The molecule has 2 aromatic carbocycles. The summed E-state index contributed by atoms with van der Waals surface area (Å²) in [4.78, 5) is 27.0. The Balaban J connectivity index is -0.0000000656. The molecule has 0 unspecified atom stereocenters. The van der Waals surface area contributed by atoms with Crippen LogP contribution in [0.4, 0.5) is 0 Å². The third-order valence-corrected chi connectivity index (χ3v) is 3.05. The number of aliphatic imine (C=N–C) groups is 2. The zero-order chi connectivity index (χ0) is 25.0. The monoisotopic (exact) mass is 644 g/mol. The average molecular weight is 645 g/mol. The Bertz CT molecular complexity index is 698. The molecule has 0 spiro atoms. The standard InChI is InChI=1S/C13H12.C7H10NO.C4H6NO.2C2H6.2CH3.2Y/c1-3-7-12(8-4-1)11-13-9-5-2-6-10-13;1-3-4-5-8-6-7(2)9;1-4(6)3-5-2;2*1-2;;;;/h1-10H,11H2;3,5H,1-2,4,6H2;1-3H2;2*1-2H3;2*1H3;;/q;2*-1;;;2*-1;;. The van der Waals surface area contributed by atoms with Crippen LogP contribution < -0.4 is 0 Å². The Morgan fingerprint density at radius 3 is 1.39 bits per heavy atom. The molecule has 0 aliphatic carbocycles. The predicted molar refractivity (Wildman–Crippen MR) is 155 cm³/mol. The first-order valence-electron chi connectivity index (χ1n) is 10.8. The minimum absolute atomic E-state index is 0. The number of allylic oxidation sites excluding steroid dienone is 1. The quantitative estimate of drug-likeness (QED) is 0.172. The minimum Gasteiger partial charge on any atom is -0.358 e. The summed E-state index contributed by atoms with van der Waals surface area (Å²) in [5, 5.41) is 0. The van der Waals surface area contributed by atoms with Gasteiger partial charge in [-0.25, -0.2) is 0 Å². The molecule has 6 heteroatoms. The maximum absolute atomic E-state index is 10.2. The number of rotatable bonds is 8. The van der Waals surface area contributed by atoms with Gasteiger partial charge < -0.3 is 38.3 Å². The number of carbonyl (C=O) groups is 2. The molecule has 0 saturated heterocycles. The van der Waals surface area contributed by atoms with Crippen LogP contribution in [0.2, 0.25) is 0 Å². The number of hydrogen-bond acceptors (Lipinski definition) is 4. The number of nitrogens with zero attached hydrogens (tertiary/aromatic N) is 2. The summed E-state index contributed by atoms with van der Waals surface area (Å²) in [6.07, 6.45) is 5.11. The molecule has 0 amide bonds. The van der Waals surface area contributed by atoms with E-state index in [2.05, 4.69) is 97.8 Å². The smallest absolute Gasteiger partial charge is 0.0683 e. The first-order valence-corrected chi connectivity index (χ1v) is 10.8. The minimum atomic E-state index is -0.190. The Morgan fingerprint density at radius 1 is 0.778 bits per heavy atom. The van der Waals surface area contributed by atoms with E-state index in [4.69, 9.17) is 0 Å². The van der Waals surface area contributed by atoms with Gasteiger partial charge in [-0.05, 0) is 30.7 Å². The molecular weight excluding hydrogens is 598 g/mol. The maximum atomic E-state index is 10.2. The van der Waals surface area contributed by atoms with E-state index in [1.807, 2.05) is 27.7 Å². The van der Waals surface area contributed by atoms with Crippen molar-refractivity contribution in [3.63, 3.8) is 0 Å². The number of benzene rings is 2. The first kappa shape index (κ1) is 51.4. The number of hydrogen-bond donors (Lipinski definition) is 0. The molecule has 0 heterocycles. The molecule has 36 heavy (non-hydrogen) atoms. The van der Waals surface area contributed by atoms with Crippen LogP contribution in [0.15, 0.2) is 83.3 Å². The molecule has 0 atom stereocenters. The van der Waals surface area contributed by atoms with E-state index in [-0.39, 0.29) is 105 Å². The molecule has 0 fully saturated rings. The van der Waals surface area contributed by atoms with Gasteiger partial charge in [-0.15, -0.1) is 6.58 Å². The van der Waals surface area contributed by atoms with E-state index < -0.39 is 0 Å². The van der Waals surface area contributed by atoms with E-state index >= 15 is 0 Å². The van der Waals surface area contributed by atoms with Crippen LogP contribution in [0, 0.1) is 28.7 Å². The topological polar surface area (TPSA) is 58.9 Å². The predicted octanol–water partition coefficient (Wildman–Crippen LogP) is 7.35. The second-order valence-electron chi connectivity index (χ2n) is 5.65. The molecule has 0 bridgehead atoms. The molecule has 0 aliphatic heterocycles. The van der Waals surface area contributed by atoms with Gasteiger partial charge in [-0.1, -0.05) is 94.4 Å². The van der Waals surface area contributed by atoms with Crippen LogP contribution in [-0.2, 0) is 81.4 Å². The summed E-state index contributed by atoms with van der Waals surface area (Å²) in [6.45, 7) is 21.1. The summed E-state index contributed by atoms with van der Waals surface area (Å²) in [7, 11) is 0. The van der Waals surface area contributed by atoms with E-state index in [0.29, 0.717) is 6.42 Å². The van der Waals surface area contributed by atoms with Gasteiger partial charge in [0, 0.05) is 83.2 Å². The van der Waals surface area contributed by atoms with Gasteiger partial charge >= 0.3 is 0 Å². The van der Waals surface area contributed by atoms with Crippen molar-refractivity contribution in [2.24, 2.45) is 9.98 Å². The van der Waals surface area contributed by atoms with E-state index in [1.165, 1.54) is 11.1 Å². The molecule has 2 rings (SSSR count). The number of carbonyl (C=O) groups excluding carboxylic acids is 2. The Hall–Kier alpha value is -1.19. The fraction of sp³-hybridized carbons (Fsp3) is 0.267. The molecular formula is C30H46N2O2Y2-4. The fourth-order valence-electron chi connectivity index (χ4n) is 1.87. The van der Waals surface area contributed by atoms with Gasteiger partial charge in [-0.2, -0.15) is 0 Å². The molecule has 198 valence electrons. The molecule has 0 saturated carbocycles. The van der Waals surface area contributed by atoms with Crippen molar-refractivity contribution in [3.8, 4) is 0 Å².